The molecule has 0 spiro atoms. The average molecular weight is 304 g/mol. The highest BCUT2D eigenvalue weighted by Crippen LogP contribution is 2.20. The topological polar surface area (TPSA) is 30.0 Å². The first-order chi connectivity index (χ1) is 8.58. The smallest absolute Gasteiger partial charge is 0.169 e. The van der Waals surface area contributed by atoms with Crippen LogP contribution in [0.5, 0.6) is 0 Å². The molecule has 3 heteroatoms. The van der Waals surface area contributed by atoms with Crippen LogP contribution >= 0.6 is 15.9 Å². The summed E-state index contributed by atoms with van der Waals surface area (Å²) < 4.78 is 0.848. The quantitative estimate of drug-likeness (QED) is 0.805. The van der Waals surface area contributed by atoms with Crippen LogP contribution in [0.4, 0.5) is 0 Å². The van der Waals surface area contributed by atoms with Gasteiger partial charge in [0.1, 0.15) is 0 Å². The van der Waals surface area contributed by atoms with Crippen molar-refractivity contribution < 1.29 is 4.79 Å². The van der Waals surface area contributed by atoms with E-state index in [1.165, 1.54) is 0 Å². The van der Waals surface area contributed by atoms with Gasteiger partial charge in [-0.05, 0) is 43.2 Å². The lowest BCUT2D eigenvalue weighted by Gasteiger charge is -2.06. The lowest BCUT2D eigenvalue weighted by molar-refractivity contribution is 0.0991. The highest BCUT2D eigenvalue weighted by atomic mass is 79.9. The third-order valence-corrected chi connectivity index (χ3v) is 3.53. The van der Waals surface area contributed by atoms with E-state index in [2.05, 4.69) is 20.9 Å². The molecule has 0 aliphatic carbocycles. The number of rotatable bonds is 3. The summed E-state index contributed by atoms with van der Waals surface area (Å²) in [4.78, 5) is 16.5. The molecule has 18 heavy (non-hydrogen) atoms. The fourth-order valence-electron chi connectivity index (χ4n) is 1.80. The molecule has 0 aliphatic rings. The van der Waals surface area contributed by atoms with Crippen LogP contribution in [-0.4, -0.2) is 10.8 Å². The molecule has 0 bridgehead atoms. The van der Waals surface area contributed by atoms with Gasteiger partial charge in [0, 0.05) is 16.2 Å². The van der Waals surface area contributed by atoms with Gasteiger partial charge in [0.2, 0.25) is 0 Å². The van der Waals surface area contributed by atoms with Gasteiger partial charge in [-0.3, -0.25) is 9.78 Å². The van der Waals surface area contributed by atoms with Crippen LogP contribution in [0.3, 0.4) is 0 Å². The van der Waals surface area contributed by atoms with Crippen LogP contribution in [0.25, 0.3) is 0 Å². The monoisotopic (exact) mass is 303 g/mol. The normalized spacial score (nSPS) is 10.4. The number of aromatic nitrogens is 1. The Balaban J connectivity index is 2.25. The molecular weight excluding hydrogens is 290 g/mol. The third-order valence-electron chi connectivity index (χ3n) is 2.87. The van der Waals surface area contributed by atoms with Crippen molar-refractivity contribution in [3.63, 3.8) is 0 Å². The number of hydrogen-bond acceptors (Lipinski definition) is 2. The Labute approximate surface area is 115 Å². The zero-order valence-corrected chi connectivity index (χ0v) is 12.0. The van der Waals surface area contributed by atoms with Crippen LogP contribution < -0.4 is 0 Å². The van der Waals surface area contributed by atoms with Gasteiger partial charge in [0.15, 0.2) is 5.78 Å². The van der Waals surface area contributed by atoms with Crippen molar-refractivity contribution in [3.05, 3.63) is 63.4 Å². The van der Waals surface area contributed by atoms with E-state index in [1.807, 2.05) is 44.2 Å². The maximum absolute atomic E-state index is 12.2. The molecule has 0 N–H and O–H groups in total. The lowest BCUT2D eigenvalue weighted by Crippen LogP contribution is -2.07. The zero-order chi connectivity index (χ0) is 13.1. The minimum Gasteiger partial charge on any atom is -0.294 e. The van der Waals surface area contributed by atoms with Gasteiger partial charge in [0.25, 0.3) is 0 Å². The van der Waals surface area contributed by atoms with Crippen molar-refractivity contribution in [1.29, 1.82) is 0 Å². The van der Waals surface area contributed by atoms with E-state index in [1.54, 1.807) is 6.20 Å². The molecule has 0 radical (unpaired) electrons. The summed E-state index contributed by atoms with van der Waals surface area (Å²) in [5, 5.41) is 0. The first-order valence-electron chi connectivity index (χ1n) is 5.78. The number of halogens is 1. The maximum atomic E-state index is 12.2. The Morgan fingerprint density at radius 2 is 2.06 bits per heavy atom. The van der Waals surface area contributed by atoms with E-state index in [4.69, 9.17) is 0 Å². The first-order valence-corrected chi connectivity index (χ1v) is 6.57. The Kier molecular flexibility index (Phi) is 3.92. The van der Waals surface area contributed by atoms with Crippen LogP contribution in [0.2, 0.25) is 0 Å². The van der Waals surface area contributed by atoms with Gasteiger partial charge < -0.3 is 0 Å². The summed E-state index contributed by atoms with van der Waals surface area (Å²) in [5.41, 5.74) is 3.74. The summed E-state index contributed by atoms with van der Waals surface area (Å²) in [6.07, 6.45) is 2.06. The second-order valence-electron chi connectivity index (χ2n) is 4.35. The van der Waals surface area contributed by atoms with Crippen LogP contribution in [0, 0.1) is 13.8 Å². The molecule has 0 saturated heterocycles. The maximum Gasteiger partial charge on any atom is 0.169 e. The molecule has 0 fully saturated rings. The van der Waals surface area contributed by atoms with Gasteiger partial charge in [-0.25, -0.2) is 0 Å². The van der Waals surface area contributed by atoms with Gasteiger partial charge in [-0.2, -0.15) is 0 Å². The summed E-state index contributed by atoms with van der Waals surface area (Å²) >= 11 is 3.44. The Morgan fingerprint density at radius 1 is 1.28 bits per heavy atom. The van der Waals surface area contributed by atoms with Gasteiger partial charge in [-0.15, -0.1) is 0 Å². The molecular formula is C15H14BrNO. The molecule has 2 aromatic rings. The number of carbonyl (C=O) groups excluding carboxylic acids is 1. The molecule has 1 aromatic heterocycles. The highest BCUT2D eigenvalue weighted by Gasteiger charge is 2.12. The molecule has 2 nitrogen and oxygen atoms in total. The van der Waals surface area contributed by atoms with Crippen LogP contribution in [0.1, 0.15) is 27.2 Å². The van der Waals surface area contributed by atoms with E-state index in [0.29, 0.717) is 12.0 Å². The number of nitrogens with zero attached hydrogens (tertiary/aromatic N) is 1. The number of carbonyl (C=O) groups is 1. The molecule has 1 heterocycles. The Bertz CT molecular complexity index is 593. The molecule has 1 aromatic carbocycles. The van der Waals surface area contributed by atoms with Gasteiger partial charge in [0.05, 0.1) is 12.1 Å². The minimum absolute atomic E-state index is 0.0867. The molecule has 0 unspecified atom stereocenters. The van der Waals surface area contributed by atoms with Crippen molar-refractivity contribution in [3.8, 4) is 0 Å². The minimum atomic E-state index is 0.0867. The number of hydrogen-bond donors (Lipinski definition) is 0. The van der Waals surface area contributed by atoms with E-state index in [0.717, 1.165) is 21.3 Å². The van der Waals surface area contributed by atoms with E-state index >= 15 is 0 Å². The third kappa shape index (κ3) is 2.85. The predicted molar refractivity (Wildman–Crippen MR) is 75.9 cm³/mol. The molecule has 0 atom stereocenters. The summed E-state index contributed by atoms with van der Waals surface area (Å²) in [5.74, 6) is 0.0867. The van der Waals surface area contributed by atoms with Crippen molar-refractivity contribution in [2.24, 2.45) is 0 Å². The molecule has 0 saturated carbocycles. The number of Topliss-reactive ketones (excluding diaryl/α,β-unsaturated/α-hetero) is 1. The largest absolute Gasteiger partial charge is 0.294 e. The Morgan fingerprint density at radius 3 is 2.72 bits per heavy atom. The lowest BCUT2D eigenvalue weighted by atomic mass is 10.0. The van der Waals surface area contributed by atoms with E-state index in [9.17, 15) is 4.79 Å². The highest BCUT2D eigenvalue weighted by molar-refractivity contribution is 9.10. The fourth-order valence-corrected chi connectivity index (χ4v) is 2.51. The number of ketones is 1. The standard InChI is InChI=1S/C15H14BrNO/c1-10-5-6-12(13(16)8-10)15(18)9-14-11(2)4-3-7-17-14/h3-8H,9H2,1-2H3. The van der Waals surface area contributed by atoms with E-state index < -0.39 is 0 Å². The van der Waals surface area contributed by atoms with Gasteiger partial charge >= 0.3 is 0 Å². The second kappa shape index (κ2) is 5.44. The summed E-state index contributed by atoms with van der Waals surface area (Å²) in [7, 11) is 0. The predicted octanol–water partition coefficient (Wildman–Crippen LogP) is 3.89. The second-order valence-corrected chi connectivity index (χ2v) is 5.20. The fraction of sp³-hybridized carbons (Fsp3) is 0.200. The van der Waals surface area contributed by atoms with Crippen molar-refractivity contribution in [2.45, 2.75) is 20.3 Å². The van der Waals surface area contributed by atoms with Gasteiger partial charge in [-0.1, -0.05) is 28.1 Å². The summed E-state index contributed by atoms with van der Waals surface area (Å²) in [6, 6.07) is 9.62. The van der Waals surface area contributed by atoms with Crippen LogP contribution in [0.15, 0.2) is 41.0 Å². The van der Waals surface area contributed by atoms with Crippen molar-refractivity contribution in [2.75, 3.05) is 0 Å². The average Bonchev–Trinajstić information content (AvgIpc) is 2.32. The number of aryl methyl sites for hydroxylation is 2. The molecule has 0 amide bonds. The van der Waals surface area contributed by atoms with Crippen molar-refractivity contribution in [1.82, 2.24) is 4.98 Å². The molecule has 92 valence electrons. The summed E-state index contributed by atoms with van der Waals surface area (Å²) in [6.45, 7) is 3.97. The zero-order valence-electron chi connectivity index (χ0n) is 10.4. The first kappa shape index (κ1) is 13.0. The number of pyridine rings is 1. The number of benzene rings is 1. The molecule has 2 rings (SSSR count). The Hall–Kier alpha value is -1.48. The van der Waals surface area contributed by atoms with E-state index in [-0.39, 0.29) is 5.78 Å². The SMILES string of the molecule is Cc1ccc(C(=O)Cc2ncccc2C)c(Br)c1. The van der Waals surface area contributed by atoms with Crippen LogP contribution in [-0.2, 0) is 6.42 Å². The molecule has 0 aliphatic heterocycles. The van der Waals surface area contributed by atoms with Crippen molar-refractivity contribution >= 4 is 21.7 Å².